The number of carbonyl (C=O) groups is 1. The quantitative estimate of drug-likeness (QED) is 0.755. The second kappa shape index (κ2) is 8.96. The first-order valence-electron chi connectivity index (χ1n) is 9.39. The Morgan fingerprint density at radius 2 is 1.93 bits per heavy atom. The molecule has 1 aromatic heterocycles. The summed E-state index contributed by atoms with van der Waals surface area (Å²) in [5.74, 6) is 1.41. The molecule has 2 heterocycles. The number of nitrogens with zero attached hydrogens (tertiary/aromatic N) is 4. The molecule has 0 radical (unpaired) electrons. The maximum Gasteiger partial charge on any atom is 0.238 e. The molecule has 150 valence electrons. The molecule has 0 aliphatic carbocycles. The van der Waals surface area contributed by atoms with E-state index in [1.54, 1.807) is 12.1 Å². The number of hydrogen-bond donors (Lipinski definition) is 1. The van der Waals surface area contributed by atoms with Crippen molar-refractivity contribution in [3.05, 3.63) is 46.1 Å². The highest BCUT2D eigenvalue weighted by Gasteiger charge is 2.21. The van der Waals surface area contributed by atoms with E-state index in [2.05, 4.69) is 54.9 Å². The van der Waals surface area contributed by atoms with Gasteiger partial charge < -0.3 is 10.2 Å². The molecule has 28 heavy (non-hydrogen) atoms. The van der Waals surface area contributed by atoms with E-state index in [0.717, 1.165) is 43.5 Å². The van der Waals surface area contributed by atoms with Gasteiger partial charge in [-0.25, -0.2) is 14.4 Å². The minimum absolute atomic E-state index is 0.199. The molecule has 3 rings (SSSR count). The van der Waals surface area contributed by atoms with E-state index in [9.17, 15) is 9.18 Å². The number of carbonyl (C=O) groups excluding carboxylic acids is 1. The van der Waals surface area contributed by atoms with Gasteiger partial charge in [-0.15, -0.1) is 0 Å². The molecule has 1 aliphatic heterocycles. The number of aromatic nitrogens is 2. The topological polar surface area (TPSA) is 61.4 Å². The van der Waals surface area contributed by atoms with Gasteiger partial charge in [-0.05, 0) is 25.1 Å². The molecular weight excluding hydrogens is 425 g/mol. The van der Waals surface area contributed by atoms with Crippen molar-refractivity contribution in [3.63, 3.8) is 0 Å². The Morgan fingerprint density at radius 1 is 1.21 bits per heavy atom. The number of hydrogen-bond acceptors (Lipinski definition) is 5. The van der Waals surface area contributed by atoms with E-state index in [1.807, 2.05) is 13.0 Å². The fourth-order valence-electron chi connectivity index (χ4n) is 3.11. The van der Waals surface area contributed by atoms with Crippen LogP contribution in [0.15, 0.2) is 28.7 Å². The third-order valence-corrected chi connectivity index (χ3v) is 5.14. The smallest absolute Gasteiger partial charge is 0.238 e. The van der Waals surface area contributed by atoms with E-state index < -0.39 is 5.82 Å². The Balaban J connectivity index is 1.55. The highest BCUT2D eigenvalue weighted by Crippen LogP contribution is 2.20. The second-order valence-electron chi connectivity index (χ2n) is 7.32. The van der Waals surface area contributed by atoms with Crippen LogP contribution in [0.1, 0.15) is 31.3 Å². The van der Waals surface area contributed by atoms with Crippen molar-refractivity contribution < 1.29 is 9.18 Å². The average molecular weight is 450 g/mol. The number of piperazine rings is 1. The molecule has 0 saturated carbocycles. The maximum atomic E-state index is 13.9. The highest BCUT2D eigenvalue weighted by atomic mass is 79.9. The van der Waals surface area contributed by atoms with E-state index in [-0.39, 0.29) is 24.1 Å². The maximum absolute atomic E-state index is 13.9. The number of halogens is 2. The lowest BCUT2D eigenvalue weighted by atomic mass is 10.2. The van der Waals surface area contributed by atoms with Crippen LogP contribution in [0.25, 0.3) is 0 Å². The van der Waals surface area contributed by atoms with Gasteiger partial charge in [-0.2, -0.15) is 0 Å². The Hall–Kier alpha value is -2.06. The summed E-state index contributed by atoms with van der Waals surface area (Å²) in [6.45, 7) is 9.46. The van der Waals surface area contributed by atoms with Crippen molar-refractivity contribution in [3.8, 4) is 0 Å². The average Bonchev–Trinajstić information content (AvgIpc) is 2.64. The van der Waals surface area contributed by atoms with Crippen molar-refractivity contribution in [1.82, 2.24) is 14.9 Å². The SMILES string of the molecule is Cc1cc(N2CCN(CC(=O)Nc3ccc(Br)cc3F)CC2)nc(C(C)C)n1. The van der Waals surface area contributed by atoms with Gasteiger partial charge in [-0.1, -0.05) is 29.8 Å². The van der Waals surface area contributed by atoms with Gasteiger partial charge in [0.15, 0.2) is 0 Å². The lowest BCUT2D eigenvalue weighted by Crippen LogP contribution is -2.49. The number of anilines is 2. The van der Waals surface area contributed by atoms with Gasteiger partial charge in [-0.3, -0.25) is 9.69 Å². The number of amides is 1. The molecule has 0 unspecified atom stereocenters. The number of aryl methyl sites for hydroxylation is 1. The number of rotatable bonds is 5. The van der Waals surface area contributed by atoms with Gasteiger partial charge in [0.1, 0.15) is 17.5 Å². The lowest BCUT2D eigenvalue weighted by Gasteiger charge is -2.35. The van der Waals surface area contributed by atoms with Gasteiger partial charge in [0.05, 0.1) is 12.2 Å². The first kappa shape index (κ1) is 20.7. The molecule has 0 spiro atoms. The van der Waals surface area contributed by atoms with Crippen LogP contribution < -0.4 is 10.2 Å². The number of nitrogens with one attached hydrogen (secondary N) is 1. The molecule has 1 fully saturated rings. The molecule has 0 atom stereocenters. The van der Waals surface area contributed by atoms with Crippen LogP contribution in [-0.4, -0.2) is 53.5 Å². The van der Waals surface area contributed by atoms with E-state index in [4.69, 9.17) is 0 Å². The van der Waals surface area contributed by atoms with Crippen molar-refractivity contribution in [2.75, 3.05) is 42.9 Å². The van der Waals surface area contributed by atoms with E-state index >= 15 is 0 Å². The fourth-order valence-corrected chi connectivity index (χ4v) is 3.45. The fraction of sp³-hybridized carbons (Fsp3) is 0.450. The standard InChI is InChI=1S/C20H25BrFN5O/c1-13(2)20-23-14(3)10-18(25-20)27-8-6-26(7-9-27)12-19(28)24-17-5-4-15(21)11-16(17)22/h4-5,10-11,13H,6-9,12H2,1-3H3,(H,24,28). The predicted molar refractivity (Wildman–Crippen MR) is 112 cm³/mol. The predicted octanol–water partition coefficient (Wildman–Crippen LogP) is 3.57. The molecule has 0 bridgehead atoms. The van der Waals surface area contributed by atoms with Crippen molar-refractivity contribution in [1.29, 1.82) is 0 Å². The molecule has 2 aromatic rings. The summed E-state index contributed by atoms with van der Waals surface area (Å²) >= 11 is 3.21. The zero-order valence-corrected chi connectivity index (χ0v) is 18.0. The summed E-state index contributed by atoms with van der Waals surface area (Å²) < 4.78 is 14.5. The van der Waals surface area contributed by atoms with Crippen LogP contribution in [0.4, 0.5) is 15.9 Å². The van der Waals surface area contributed by atoms with Gasteiger partial charge in [0.25, 0.3) is 0 Å². The molecule has 1 N–H and O–H groups in total. The summed E-state index contributed by atoms with van der Waals surface area (Å²) in [5.41, 5.74) is 1.16. The lowest BCUT2D eigenvalue weighted by molar-refractivity contribution is -0.117. The van der Waals surface area contributed by atoms with Crippen LogP contribution in [0.2, 0.25) is 0 Å². The van der Waals surface area contributed by atoms with Crippen molar-refractivity contribution in [2.45, 2.75) is 26.7 Å². The minimum Gasteiger partial charge on any atom is -0.354 e. The van der Waals surface area contributed by atoms with Crippen LogP contribution in [0.5, 0.6) is 0 Å². The minimum atomic E-state index is -0.451. The molecular formula is C20H25BrFN5O. The van der Waals surface area contributed by atoms with Crippen LogP contribution >= 0.6 is 15.9 Å². The summed E-state index contributed by atoms with van der Waals surface area (Å²) in [4.78, 5) is 25.8. The van der Waals surface area contributed by atoms with Crippen molar-refractivity contribution >= 4 is 33.3 Å². The molecule has 1 amide bonds. The van der Waals surface area contributed by atoms with Crippen molar-refractivity contribution in [2.24, 2.45) is 0 Å². The summed E-state index contributed by atoms with van der Waals surface area (Å²) in [6.07, 6.45) is 0. The second-order valence-corrected chi connectivity index (χ2v) is 8.23. The Kier molecular flexibility index (Phi) is 6.61. The molecule has 1 aliphatic rings. The Labute approximate surface area is 173 Å². The first-order chi connectivity index (χ1) is 13.3. The van der Waals surface area contributed by atoms with Gasteiger partial charge >= 0.3 is 0 Å². The zero-order chi connectivity index (χ0) is 20.3. The molecule has 1 saturated heterocycles. The first-order valence-corrected chi connectivity index (χ1v) is 10.2. The third kappa shape index (κ3) is 5.26. The monoisotopic (exact) mass is 449 g/mol. The van der Waals surface area contributed by atoms with Gasteiger partial charge in [0, 0.05) is 48.3 Å². The molecule has 6 nitrogen and oxygen atoms in total. The Morgan fingerprint density at radius 3 is 2.57 bits per heavy atom. The van der Waals surface area contributed by atoms with E-state index in [1.165, 1.54) is 6.07 Å². The normalized spacial score (nSPS) is 15.1. The molecule has 8 heteroatoms. The summed E-state index contributed by atoms with van der Waals surface area (Å²) in [6, 6.07) is 6.60. The van der Waals surface area contributed by atoms with Crippen LogP contribution in [0, 0.1) is 12.7 Å². The summed E-state index contributed by atoms with van der Waals surface area (Å²) in [5, 5.41) is 2.64. The van der Waals surface area contributed by atoms with E-state index in [0.29, 0.717) is 4.47 Å². The molecule has 1 aromatic carbocycles. The van der Waals surface area contributed by atoms with Crippen LogP contribution in [-0.2, 0) is 4.79 Å². The zero-order valence-electron chi connectivity index (χ0n) is 16.4. The largest absolute Gasteiger partial charge is 0.354 e. The third-order valence-electron chi connectivity index (χ3n) is 4.64. The highest BCUT2D eigenvalue weighted by molar-refractivity contribution is 9.10. The summed E-state index contributed by atoms with van der Waals surface area (Å²) in [7, 11) is 0. The van der Waals surface area contributed by atoms with Gasteiger partial charge in [0.2, 0.25) is 5.91 Å². The Bertz CT molecular complexity index is 852. The van der Waals surface area contributed by atoms with Crippen LogP contribution in [0.3, 0.4) is 0 Å². The number of benzene rings is 1.